The molecule has 140 valence electrons. The van der Waals surface area contributed by atoms with E-state index in [1.54, 1.807) is 0 Å². The molecule has 0 aliphatic carbocycles. The predicted molar refractivity (Wildman–Crippen MR) is 107 cm³/mol. The van der Waals surface area contributed by atoms with Crippen LogP contribution in [0.15, 0.2) is 53.7 Å². The van der Waals surface area contributed by atoms with Crippen molar-refractivity contribution in [3.8, 4) is 0 Å². The van der Waals surface area contributed by atoms with Crippen LogP contribution in [0.3, 0.4) is 0 Å². The van der Waals surface area contributed by atoms with E-state index in [-0.39, 0.29) is 0 Å². The second kappa shape index (κ2) is 11.3. The summed E-state index contributed by atoms with van der Waals surface area (Å²) in [5, 5.41) is 6.67. The molecule has 2 rings (SSSR count). The minimum absolute atomic E-state index is 0.388. The molecule has 1 aromatic heterocycles. The summed E-state index contributed by atoms with van der Waals surface area (Å²) in [5.41, 5.74) is 3.37. The molecule has 0 aliphatic rings. The van der Waals surface area contributed by atoms with E-state index >= 15 is 0 Å². The standard InChI is InChI=1S/C21H30N4O/c1-4-22-21(25-14-20-18(3)9-8-12-23-20)24-13-17(2)15-26-16-19-10-6-5-7-11-19/h5-12,17H,4,13-16H2,1-3H3,(H2,22,24,25). The molecule has 1 heterocycles. The van der Waals surface area contributed by atoms with Crippen LogP contribution < -0.4 is 10.6 Å². The quantitative estimate of drug-likeness (QED) is 0.536. The van der Waals surface area contributed by atoms with Gasteiger partial charge in [0.25, 0.3) is 0 Å². The zero-order valence-corrected chi connectivity index (χ0v) is 16.0. The van der Waals surface area contributed by atoms with Gasteiger partial charge in [-0.3, -0.25) is 4.98 Å². The fraction of sp³-hybridized carbons (Fsp3) is 0.429. The van der Waals surface area contributed by atoms with Crippen molar-refractivity contribution in [2.75, 3.05) is 19.7 Å². The molecule has 5 nitrogen and oxygen atoms in total. The molecule has 0 fully saturated rings. The van der Waals surface area contributed by atoms with Crippen LogP contribution >= 0.6 is 0 Å². The highest BCUT2D eigenvalue weighted by Gasteiger charge is 2.05. The molecule has 1 atom stereocenters. The van der Waals surface area contributed by atoms with E-state index in [1.165, 1.54) is 5.56 Å². The van der Waals surface area contributed by atoms with Gasteiger partial charge in [-0.25, -0.2) is 4.99 Å². The number of ether oxygens (including phenoxy) is 1. The lowest BCUT2D eigenvalue weighted by Crippen LogP contribution is -2.40. The van der Waals surface area contributed by atoms with Gasteiger partial charge in [-0.05, 0) is 37.0 Å². The Labute approximate surface area is 156 Å². The van der Waals surface area contributed by atoms with Gasteiger partial charge < -0.3 is 15.4 Å². The van der Waals surface area contributed by atoms with Crippen LogP contribution in [0.4, 0.5) is 0 Å². The Bertz CT molecular complexity index is 673. The van der Waals surface area contributed by atoms with E-state index < -0.39 is 0 Å². The van der Waals surface area contributed by atoms with Crippen molar-refractivity contribution in [1.82, 2.24) is 15.6 Å². The van der Waals surface area contributed by atoms with Crippen molar-refractivity contribution in [2.24, 2.45) is 10.9 Å². The number of nitrogens with zero attached hydrogens (tertiary/aromatic N) is 2. The van der Waals surface area contributed by atoms with Gasteiger partial charge in [-0.1, -0.05) is 43.3 Å². The van der Waals surface area contributed by atoms with Crippen LogP contribution in [-0.2, 0) is 17.9 Å². The van der Waals surface area contributed by atoms with E-state index in [0.717, 1.165) is 30.3 Å². The number of rotatable bonds is 9. The number of aliphatic imine (C=N–C) groups is 1. The molecule has 0 amide bonds. The number of aromatic nitrogens is 1. The summed E-state index contributed by atoms with van der Waals surface area (Å²) < 4.78 is 5.81. The largest absolute Gasteiger partial charge is 0.376 e. The Morgan fingerprint density at radius 2 is 1.96 bits per heavy atom. The van der Waals surface area contributed by atoms with E-state index in [9.17, 15) is 0 Å². The predicted octanol–water partition coefficient (Wildman–Crippen LogP) is 3.30. The maximum absolute atomic E-state index is 5.81. The van der Waals surface area contributed by atoms with Crippen LogP contribution in [-0.4, -0.2) is 30.6 Å². The molecule has 0 saturated carbocycles. The Morgan fingerprint density at radius 3 is 2.69 bits per heavy atom. The number of guanidine groups is 1. The molecule has 0 saturated heterocycles. The van der Waals surface area contributed by atoms with E-state index in [1.807, 2.05) is 30.5 Å². The van der Waals surface area contributed by atoms with Crippen LogP contribution in [0.5, 0.6) is 0 Å². The van der Waals surface area contributed by atoms with E-state index in [0.29, 0.717) is 25.7 Å². The van der Waals surface area contributed by atoms with Crippen LogP contribution in [0.2, 0.25) is 0 Å². The maximum Gasteiger partial charge on any atom is 0.191 e. The van der Waals surface area contributed by atoms with Crippen LogP contribution in [0.25, 0.3) is 0 Å². The summed E-state index contributed by atoms with van der Waals surface area (Å²) in [5.74, 6) is 1.20. The number of hydrogen-bond acceptors (Lipinski definition) is 3. The first-order chi connectivity index (χ1) is 12.7. The molecule has 1 aromatic carbocycles. The van der Waals surface area contributed by atoms with Crippen molar-refractivity contribution >= 4 is 5.96 Å². The van der Waals surface area contributed by atoms with Crippen LogP contribution in [0, 0.1) is 12.8 Å². The first-order valence-corrected chi connectivity index (χ1v) is 9.23. The first kappa shape index (κ1) is 19.9. The van der Waals surface area contributed by atoms with E-state index in [4.69, 9.17) is 4.74 Å². The molecule has 1 unspecified atom stereocenters. The fourth-order valence-electron chi connectivity index (χ4n) is 2.46. The van der Waals surface area contributed by atoms with Gasteiger partial charge in [-0.15, -0.1) is 0 Å². The second-order valence-corrected chi connectivity index (χ2v) is 6.45. The molecule has 0 aliphatic heterocycles. The summed E-state index contributed by atoms with van der Waals surface area (Å²) in [4.78, 5) is 9.03. The Hall–Kier alpha value is -2.40. The molecule has 26 heavy (non-hydrogen) atoms. The minimum Gasteiger partial charge on any atom is -0.376 e. The molecule has 2 aromatic rings. The van der Waals surface area contributed by atoms with Crippen molar-refractivity contribution in [3.05, 3.63) is 65.5 Å². The monoisotopic (exact) mass is 354 g/mol. The van der Waals surface area contributed by atoms with Gasteiger partial charge in [0.05, 0.1) is 25.5 Å². The zero-order valence-electron chi connectivity index (χ0n) is 16.0. The van der Waals surface area contributed by atoms with Gasteiger partial charge in [0, 0.05) is 19.3 Å². The average Bonchev–Trinajstić information content (AvgIpc) is 2.66. The highest BCUT2D eigenvalue weighted by molar-refractivity contribution is 5.79. The summed E-state index contributed by atoms with van der Waals surface area (Å²) >= 11 is 0. The molecule has 2 N–H and O–H groups in total. The minimum atomic E-state index is 0.388. The molecular weight excluding hydrogens is 324 g/mol. The van der Waals surface area contributed by atoms with Crippen molar-refractivity contribution in [2.45, 2.75) is 33.9 Å². The first-order valence-electron chi connectivity index (χ1n) is 9.23. The Balaban J connectivity index is 1.76. The number of nitrogens with one attached hydrogen (secondary N) is 2. The van der Waals surface area contributed by atoms with Crippen molar-refractivity contribution < 1.29 is 4.74 Å². The molecule has 0 spiro atoms. The lowest BCUT2D eigenvalue weighted by Gasteiger charge is -2.16. The number of pyridine rings is 1. The molecule has 5 heteroatoms. The van der Waals surface area contributed by atoms with Crippen molar-refractivity contribution in [3.63, 3.8) is 0 Å². The van der Waals surface area contributed by atoms with Gasteiger partial charge in [0.2, 0.25) is 0 Å². The van der Waals surface area contributed by atoms with Crippen molar-refractivity contribution in [1.29, 1.82) is 0 Å². The fourth-order valence-corrected chi connectivity index (χ4v) is 2.46. The smallest absolute Gasteiger partial charge is 0.191 e. The van der Waals surface area contributed by atoms with Gasteiger partial charge in [-0.2, -0.15) is 0 Å². The third-order valence-electron chi connectivity index (χ3n) is 3.98. The number of benzene rings is 1. The third kappa shape index (κ3) is 7.23. The third-order valence-corrected chi connectivity index (χ3v) is 3.98. The summed E-state index contributed by atoms with van der Waals surface area (Å²) in [7, 11) is 0. The highest BCUT2D eigenvalue weighted by atomic mass is 16.5. The maximum atomic E-state index is 5.81. The Kier molecular flexibility index (Phi) is 8.63. The van der Waals surface area contributed by atoms with Gasteiger partial charge >= 0.3 is 0 Å². The lowest BCUT2D eigenvalue weighted by atomic mass is 10.2. The number of hydrogen-bond donors (Lipinski definition) is 2. The zero-order chi connectivity index (χ0) is 18.6. The second-order valence-electron chi connectivity index (χ2n) is 6.45. The molecule has 0 radical (unpaired) electrons. The SMILES string of the molecule is CCNC(=NCc1ncccc1C)NCC(C)COCc1ccccc1. The number of aryl methyl sites for hydroxylation is 1. The summed E-state index contributed by atoms with van der Waals surface area (Å²) in [6.07, 6.45) is 1.81. The summed E-state index contributed by atoms with van der Waals surface area (Å²) in [6, 6.07) is 14.3. The molecule has 0 bridgehead atoms. The molecular formula is C21H30N4O. The average molecular weight is 354 g/mol. The summed E-state index contributed by atoms with van der Waals surface area (Å²) in [6.45, 7) is 9.86. The highest BCUT2D eigenvalue weighted by Crippen LogP contribution is 2.05. The van der Waals surface area contributed by atoms with Gasteiger partial charge in [0.15, 0.2) is 5.96 Å². The Morgan fingerprint density at radius 1 is 1.15 bits per heavy atom. The normalized spacial score (nSPS) is 12.7. The van der Waals surface area contributed by atoms with Gasteiger partial charge in [0.1, 0.15) is 0 Å². The van der Waals surface area contributed by atoms with Crippen LogP contribution in [0.1, 0.15) is 30.7 Å². The lowest BCUT2D eigenvalue weighted by molar-refractivity contribution is 0.0931. The topological polar surface area (TPSA) is 58.5 Å². The van der Waals surface area contributed by atoms with E-state index in [2.05, 4.69) is 59.6 Å².